The number of fused-ring (bicyclic) bond motifs is 1. The van der Waals surface area contributed by atoms with Crippen molar-refractivity contribution in [2.75, 3.05) is 18.4 Å². The van der Waals surface area contributed by atoms with Crippen molar-refractivity contribution in [1.82, 2.24) is 34.8 Å². The van der Waals surface area contributed by atoms with Crippen LogP contribution in [-0.4, -0.2) is 65.7 Å². The summed E-state index contributed by atoms with van der Waals surface area (Å²) >= 11 is 0. The van der Waals surface area contributed by atoms with Crippen molar-refractivity contribution >= 4 is 28.9 Å². The molecule has 1 fully saturated rings. The average Bonchev–Trinajstić information content (AvgIpc) is 3.28. The summed E-state index contributed by atoms with van der Waals surface area (Å²) in [6, 6.07) is 1.28. The zero-order valence-corrected chi connectivity index (χ0v) is 15.1. The summed E-state index contributed by atoms with van der Waals surface area (Å²) in [6.07, 6.45) is 3.86. The fraction of sp³-hybridized carbons (Fsp3) is 0.438. The van der Waals surface area contributed by atoms with Crippen molar-refractivity contribution in [3.05, 3.63) is 18.5 Å². The van der Waals surface area contributed by atoms with E-state index in [4.69, 9.17) is 0 Å². The first-order chi connectivity index (χ1) is 14.0. The lowest BCUT2D eigenvalue weighted by Crippen LogP contribution is -2.40. The molecule has 29 heavy (non-hydrogen) atoms. The van der Waals surface area contributed by atoms with Crippen molar-refractivity contribution in [1.29, 1.82) is 0 Å². The Bertz CT molecular complexity index is 1010. The van der Waals surface area contributed by atoms with Crippen molar-refractivity contribution in [2.24, 2.45) is 5.92 Å². The van der Waals surface area contributed by atoms with Crippen molar-refractivity contribution in [2.45, 2.75) is 26.0 Å². The number of halogens is 2. The van der Waals surface area contributed by atoms with Gasteiger partial charge >= 0.3 is 12.7 Å². The maximum atomic E-state index is 12.2. The van der Waals surface area contributed by atoms with E-state index in [1.165, 1.54) is 17.2 Å². The quantitative estimate of drug-likeness (QED) is 0.566. The van der Waals surface area contributed by atoms with Gasteiger partial charge in [0.1, 0.15) is 11.3 Å². The maximum Gasteiger partial charge on any atom is 0.407 e. The van der Waals surface area contributed by atoms with Crippen LogP contribution in [0.2, 0.25) is 0 Å². The molecule has 1 aliphatic rings. The Hall–Kier alpha value is -3.51. The van der Waals surface area contributed by atoms with Gasteiger partial charge in [0.05, 0.1) is 12.4 Å². The number of ether oxygens (including phenoxy) is 1. The number of amides is 1. The third-order valence-electron chi connectivity index (χ3n) is 4.59. The van der Waals surface area contributed by atoms with Gasteiger partial charge in [0.25, 0.3) is 0 Å². The smallest absolute Gasteiger partial charge is 0.407 e. The number of nitrogens with zero attached hydrogens (tertiary/aromatic N) is 6. The summed E-state index contributed by atoms with van der Waals surface area (Å²) in [5, 5.41) is 22.5. The van der Waals surface area contributed by atoms with Gasteiger partial charge in [-0.3, -0.25) is 5.10 Å². The topological polar surface area (TPSA) is 134 Å². The molecule has 11 nitrogen and oxygen atoms in total. The molecule has 1 aliphatic heterocycles. The van der Waals surface area contributed by atoms with Crippen LogP contribution in [0, 0.1) is 5.92 Å². The van der Waals surface area contributed by atoms with Crippen LogP contribution in [0.1, 0.15) is 12.8 Å². The first kappa shape index (κ1) is 18.8. The number of hydrogen-bond acceptors (Lipinski definition) is 7. The standard InChI is InChI=1S/C16H18F2N8O3/c17-15(18)29-13-4-11(23-24-13)21-12-6-19-10-5-20-26(14(10)22-12)8-9-2-1-3-25(7-9)16(27)28/h4-6,9,15H,1-3,7-8H2,(H,27,28)(H2,21,22,23,24)/t9-/m0/s1. The maximum absolute atomic E-state index is 12.2. The highest BCUT2D eigenvalue weighted by Gasteiger charge is 2.24. The van der Waals surface area contributed by atoms with E-state index in [1.807, 2.05) is 0 Å². The number of likely N-dealkylation sites (tertiary alicyclic amines) is 1. The average molecular weight is 408 g/mol. The molecule has 0 radical (unpaired) electrons. The second-order valence-corrected chi connectivity index (χ2v) is 6.65. The third-order valence-corrected chi connectivity index (χ3v) is 4.59. The normalized spacial score (nSPS) is 17.1. The number of aromatic amines is 1. The largest absolute Gasteiger partial charge is 0.465 e. The lowest BCUT2D eigenvalue weighted by Gasteiger charge is -2.30. The Morgan fingerprint density at radius 3 is 3.10 bits per heavy atom. The van der Waals surface area contributed by atoms with Gasteiger partial charge in [0.2, 0.25) is 5.88 Å². The molecular formula is C16H18F2N8O3. The van der Waals surface area contributed by atoms with Gasteiger partial charge in [0, 0.05) is 25.7 Å². The van der Waals surface area contributed by atoms with E-state index < -0.39 is 12.7 Å². The summed E-state index contributed by atoms with van der Waals surface area (Å²) in [6.45, 7) is -1.46. The Labute approximate surface area is 162 Å². The van der Waals surface area contributed by atoms with E-state index in [-0.39, 0.29) is 11.8 Å². The fourth-order valence-corrected chi connectivity index (χ4v) is 3.33. The predicted molar refractivity (Wildman–Crippen MR) is 96.1 cm³/mol. The fourth-order valence-electron chi connectivity index (χ4n) is 3.33. The number of carbonyl (C=O) groups is 1. The highest BCUT2D eigenvalue weighted by atomic mass is 19.3. The number of piperidine rings is 1. The molecule has 154 valence electrons. The van der Waals surface area contributed by atoms with Crippen LogP contribution in [0.5, 0.6) is 5.88 Å². The summed E-state index contributed by atoms with van der Waals surface area (Å²) < 4.78 is 30.4. The molecule has 3 N–H and O–H groups in total. The first-order valence-electron chi connectivity index (χ1n) is 8.91. The number of nitrogens with one attached hydrogen (secondary N) is 2. The minimum atomic E-state index is -2.96. The highest BCUT2D eigenvalue weighted by Crippen LogP contribution is 2.22. The monoisotopic (exact) mass is 408 g/mol. The molecule has 3 aromatic rings. The number of anilines is 2. The van der Waals surface area contributed by atoms with E-state index in [2.05, 4.69) is 35.3 Å². The lowest BCUT2D eigenvalue weighted by molar-refractivity contribution is -0.0528. The zero-order chi connectivity index (χ0) is 20.4. The summed E-state index contributed by atoms with van der Waals surface area (Å²) in [5.74, 6) is 0.553. The molecule has 3 aromatic heterocycles. The molecule has 0 aliphatic carbocycles. The summed E-state index contributed by atoms with van der Waals surface area (Å²) in [4.78, 5) is 21.4. The lowest BCUT2D eigenvalue weighted by atomic mass is 9.98. The number of alkyl halides is 2. The molecule has 4 rings (SSSR count). The minimum absolute atomic E-state index is 0.128. The summed E-state index contributed by atoms with van der Waals surface area (Å²) in [5.41, 5.74) is 1.12. The molecule has 1 atom stereocenters. The molecule has 0 saturated carbocycles. The Kier molecular flexibility index (Phi) is 5.10. The van der Waals surface area contributed by atoms with Gasteiger partial charge in [-0.25, -0.2) is 19.4 Å². The number of aromatic nitrogens is 6. The Morgan fingerprint density at radius 2 is 2.31 bits per heavy atom. The van der Waals surface area contributed by atoms with Gasteiger partial charge in [-0.2, -0.15) is 13.9 Å². The first-order valence-corrected chi connectivity index (χ1v) is 8.91. The van der Waals surface area contributed by atoms with E-state index in [1.54, 1.807) is 10.9 Å². The molecule has 1 amide bonds. The number of H-pyrrole nitrogens is 1. The van der Waals surface area contributed by atoms with Crippen LogP contribution >= 0.6 is 0 Å². The molecule has 4 heterocycles. The molecule has 1 saturated heterocycles. The van der Waals surface area contributed by atoms with Crippen LogP contribution < -0.4 is 10.1 Å². The van der Waals surface area contributed by atoms with Gasteiger partial charge in [-0.1, -0.05) is 0 Å². The summed E-state index contributed by atoms with van der Waals surface area (Å²) in [7, 11) is 0. The molecule has 0 spiro atoms. The van der Waals surface area contributed by atoms with Gasteiger partial charge in [-0.15, -0.1) is 5.10 Å². The van der Waals surface area contributed by atoms with Crippen molar-refractivity contribution in [3.63, 3.8) is 0 Å². The number of rotatable bonds is 6. The molecule has 0 unspecified atom stereocenters. The van der Waals surface area contributed by atoms with Crippen LogP contribution in [0.15, 0.2) is 18.5 Å². The molecule has 0 bridgehead atoms. The molecular weight excluding hydrogens is 390 g/mol. The second-order valence-electron chi connectivity index (χ2n) is 6.65. The van der Waals surface area contributed by atoms with Gasteiger partial charge in [0.15, 0.2) is 11.5 Å². The van der Waals surface area contributed by atoms with Gasteiger partial charge < -0.3 is 20.1 Å². The minimum Gasteiger partial charge on any atom is -0.465 e. The van der Waals surface area contributed by atoms with Crippen LogP contribution in [0.4, 0.5) is 25.2 Å². The third kappa shape index (κ3) is 4.33. The van der Waals surface area contributed by atoms with Crippen molar-refractivity contribution in [3.8, 4) is 5.88 Å². The second kappa shape index (κ2) is 7.85. The van der Waals surface area contributed by atoms with Crippen LogP contribution in [-0.2, 0) is 6.54 Å². The molecule has 13 heteroatoms. The van der Waals surface area contributed by atoms with Gasteiger partial charge in [-0.05, 0) is 18.8 Å². The number of carboxylic acid groups (broad SMARTS) is 1. The van der Waals surface area contributed by atoms with Crippen LogP contribution in [0.25, 0.3) is 11.2 Å². The predicted octanol–water partition coefficient (Wildman–Crippen LogP) is 2.28. The van der Waals surface area contributed by atoms with E-state index in [0.29, 0.717) is 42.4 Å². The SMILES string of the molecule is O=C(O)N1CCC[C@H](Cn2ncc3ncc(Nc4cc(OC(F)F)n[nH]4)nc32)C1. The highest BCUT2D eigenvalue weighted by molar-refractivity contribution is 5.72. The van der Waals surface area contributed by atoms with Crippen molar-refractivity contribution < 1.29 is 23.4 Å². The van der Waals surface area contributed by atoms with Crippen LogP contribution in [0.3, 0.4) is 0 Å². The Morgan fingerprint density at radius 1 is 1.45 bits per heavy atom. The zero-order valence-electron chi connectivity index (χ0n) is 15.1. The number of hydrogen-bond donors (Lipinski definition) is 3. The van der Waals surface area contributed by atoms with E-state index >= 15 is 0 Å². The van der Waals surface area contributed by atoms with E-state index in [9.17, 15) is 18.7 Å². The Balaban J connectivity index is 1.49. The van der Waals surface area contributed by atoms with E-state index in [0.717, 1.165) is 12.8 Å². The molecule has 0 aromatic carbocycles.